The van der Waals surface area contributed by atoms with Crippen LogP contribution in [0.15, 0.2) is 18.2 Å². The van der Waals surface area contributed by atoms with E-state index in [9.17, 15) is 30.0 Å². The summed E-state index contributed by atoms with van der Waals surface area (Å²) >= 11 is 0. The molecule has 5 atom stereocenters. The first kappa shape index (κ1) is 16.5. The van der Waals surface area contributed by atoms with Crippen LogP contribution in [0.4, 0.5) is 0 Å². The minimum atomic E-state index is -2.08. The standard InChI is InChI=1S/C15H16O9/c16-5-10(19)12-13(21)15(14(22)23-12)7(4-11(20)24-15)6-1-2-8(17)9(18)3-6/h1-3,7,10,12-13,16-19,21H,4-5H2. The van der Waals surface area contributed by atoms with E-state index >= 15 is 0 Å². The van der Waals surface area contributed by atoms with Crippen molar-refractivity contribution in [2.24, 2.45) is 0 Å². The average molecular weight is 340 g/mol. The molecule has 1 aromatic carbocycles. The minimum absolute atomic E-state index is 0.266. The number of cyclic esters (lactones) is 1. The summed E-state index contributed by atoms with van der Waals surface area (Å²) in [6.45, 7) is -0.760. The molecule has 24 heavy (non-hydrogen) atoms. The van der Waals surface area contributed by atoms with Gasteiger partial charge in [0.25, 0.3) is 0 Å². The van der Waals surface area contributed by atoms with Crippen molar-refractivity contribution in [3.8, 4) is 11.5 Å². The Morgan fingerprint density at radius 1 is 1.25 bits per heavy atom. The molecule has 1 spiro atoms. The zero-order valence-corrected chi connectivity index (χ0v) is 12.3. The molecule has 0 bridgehead atoms. The van der Waals surface area contributed by atoms with Gasteiger partial charge in [0.15, 0.2) is 17.6 Å². The SMILES string of the molecule is O=C1CC(c2ccc(O)c(O)c2)C2(O1)C(=O)OC(C(O)CO)C2O. The predicted octanol–water partition coefficient (Wildman–Crippen LogP) is -1.49. The van der Waals surface area contributed by atoms with Crippen LogP contribution < -0.4 is 0 Å². The number of phenolic OH excluding ortho intramolecular Hbond substituents is 2. The summed E-state index contributed by atoms with van der Waals surface area (Å²) in [6, 6.07) is 3.70. The third-order valence-corrected chi connectivity index (χ3v) is 4.45. The largest absolute Gasteiger partial charge is 0.504 e. The molecule has 5 unspecified atom stereocenters. The third kappa shape index (κ3) is 2.20. The van der Waals surface area contributed by atoms with Gasteiger partial charge in [-0.25, -0.2) is 4.79 Å². The monoisotopic (exact) mass is 340 g/mol. The van der Waals surface area contributed by atoms with Gasteiger partial charge in [0, 0.05) is 5.92 Å². The van der Waals surface area contributed by atoms with Crippen LogP contribution in [0.1, 0.15) is 17.9 Å². The first-order valence-corrected chi connectivity index (χ1v) is 7.23. The summed E-state index contributed by atoms with van der Waals surface area (Å²) in [5.74, 6) is -3.65. The van der Waals surface area contributed by atoms with Gasteiger partial charge in [0.2, 0.25) is 5.60 Å². The maximum absolute atomic E-state index is 12.4. The molecule has 0 saturated carbocycles. The zero-order chi connectivity index (χ0) is 17.6. The lowest BCUT2D eigenvalue weighted by Gasteiger charge is -2.29. The summed E-state index contributed by atoms with van der Waals surface area (Å²) in [5.41, 5.74) is -1.81. The van der Waals surface area contributed by atoms with Gasteiger partial charge in [-0.1, -0.05) is 6.07 Å². The van der Waals surface area contributed by atoms with Gasteiger partial charge >= 0.3 is 11.9 Å². The van der Waals surface area contributed by atoms with Crippen LogP contribution in [-0.2, 0) is 19.1 Å². The lowest BCUT2D eigenvalue weighted by Crippen LogP contribution is -2.52. The van der Waals surface area contributed by atoms with Crippen LogP contribution in [-0.4, -0.2) is 68.0 Å². The average Bonchev–Trinajstić information content (AvgIpc) is 3.02. The van der Waals surface area contributed by atoms with E-state index in [4.69, 9.17) is 14.6 Å². The number of aromatic hydroxyl groups is 2. The van der Waals surface area contributed by atoms with Gasteiger partial charge in [-0.2, -0.15) is 0 Å². The molecule has 0 aromatic heterocycles. The molecule has 0 radical (unpaired) electrons. The summed E-state index contributed by atoms with van der Waals surface area (Å²) < 4.78 is 10.0. The summed E-state index contributed by atoms with van der Waals surface area (Å²) in [4.78, 5) is 24.2. The predicted molar refractivity (Wildman–Crippen MR) is 74.9 cm³/mol. The topological polar surface area (TPSA) is 154 Å². The Hall–Kier alpha value is -2.36. The van der Waals surface area contributed by atoms with Gasteiger partial charge in [0.05, 0.1) is 13.0 Å². The van der Waals surface area contributed by atoms with E-state index in [2.05, 4.69) is 0 Å². The maximum Gasteiger partial charge on any atom is 0.354 e. The van der Waals surface area contributed by atoms with Crippen molar-refractivity contribution in [3.05, 3.63) is 23.8 Å². The number of benzene rings is 1. The third-order valence-electron chi connectivity index (χ3n) is 4.45. The number of hydrogen-bond acceptors (Lipinski definition) is 9. The number of hydrogen-bond donors (Lipinski definition) is 5. The number of aliphatic hydroxyl groups excluding tert-OH is 3. The molecule has 2 aliphatic rings. The van der Waals surface area contributed by atoms with Crippen LogP contribution >= 0.6 is 0 Å². The van der Waals surface area contributed by atoms with Gasteiger partial charge < -0.3 is 35.0 Å². The Bertz CT molecular complexity index is 688. The molecular weight excluding hydrogens is 324 g/mol. The molecule has 3 rings (SSSR count). The molecule has 5 N–H and O–H groups in total. The van der Waals surface area contributed by atoms with Gasteiger partial charge in [-0.05, 0) is 17.7 Å². The Labute approximate surface area is 135 Å². The first-order chi connectivity index (χ1) is 11.3. The summed E-state index contributed by atoms with van der Waals surface area (Å²) in [6.07, 6.45) is -4.98. The van der Waals surface area contributed by atoms with E-state index < -0.39 is 54.1 Å². The second-order valence-corrected chi connectivity index (χ2v) is 5.84. The lowest BCUT2D eigenvalue weighted by molar-refractivity contribution is -0.169. The molecule has 2 fully saturated rings. The van der Waals surface area contributed by atoms with E-state index in [1.807, 2.05) is 0 Å². The van der Waals surface area contributed by atoms with E-state index in [0.717, 1.165) is 6.07 Å². The number of rotatable bonds is 3. The number of phenols is 2. The Kier molecular flexibility index (Phi) is 3.86. The van der Waals surface area contributed by atoms with E-state index in [1.165, 1.54) is 12.1 Å². The van der Waals surface area contributed by atoms with E-state index in [0.29, 0.717) is 0 Å². The molecule has 0 amide bonds. The fourth-order valence-corrected chi connectivity index (χ4v) is 3.23. The van der Waals surface area contributed by atoms with Crippen LogP contribution in [0.3, 0.4) is 0 Å². The van der Waals surface area contributed by atoms with Crippen molar-refractivity contribution in [2.45, 2.75) is 36.3 Å². The molecule has 1 aromatic rings. The second kappa shape index (κ2) is 5.62. The molecule has 0 aliphatic carbocycles. The first-order valence-electron chi connectivity index (χ1n) is 7.23. The second-order valence-electron chi connectivity index (χ2n) is 5.84. The van der Waals surface area contributed by atoms with E-state index in [-0.39, 0.29) is 17.7 Å². The minimum Gasteiger partial charge on any atom is -0.504 e. The molecule has 9 nitrogen and oxygen atoms in total. The smallest absolute Gasteiger partial charge is 0.354 e. The number of aliphatic hydroxyl groups is 3. The summed E-state index contributed by atoms with van der Waals surface area (Å²) in [5, 5.41) is 48.2. The molecule has 2 saturated heterocycles. The van der Waals surface area contributed by atoms with Crippen LogP contribution in [0, 0.1) is 0 Å². The lowest BCUT2D eigenvalue weighted by atomic mass is 9.77. The fourth-order valence-electron chi connectivity index (χ4n) is 3.23. The quantitative estimate of drug-likeness (QED) is 0.327. The zero-order valence-electron chi connectivity index (χ0n) is 12.3. The van der Waals surface area contributed by atoms with Crippen LogP contribution in [0.25, 0.3) is 0 Å². The van der Waals surface area contributed by atoms with Crippen LogP contribution in [0.5, 0.6) is 11.5 Å². The van der Waals surface area contributed by atoms with E-state index in [1.54, 1.807) is 0 Å². The van der Waals surface area contributed by atoms with Gasteiger partial charge in [0.1, 0.15) is 12.2 Å². The number of carbonyl (C=O) groups is 2. The molecular formula is C15H16O9. The highest BCUT2D eigenvalue weighted by atomic mass is 16.6. The Morgan fingerprint density at radius 2 is 1.96 bits per heavy atom. The van der Waals surface area contributed by atoms with Crippen molar-refractivity contribution >= 4 is 11.9 Å². The highest BCUT2D eigenvalue weighted by Gasteiger charge is 2.69. The van der Waals surface area contributed by atoms with Crippen molar-refractivity contribution < 1.29 is 44.6 Å². The van der Waals surface area contributed by atoms with Gasteiger partial charge in [-0.3, -0.25) is 4.79 Å². The Balaban J connectivity index is 2.05. The molecule has 2 aliphatic heterocycles. The van der Waals surface area contributed by atoms with Crippen molar-refractivity contribution in [1.82, 2.24) is 0 Å². The van der Waals surface area contributed by atoms with Crippen molar-refractivity contribution in [3.63, 3.8) is 0 Å². The number of carbonyl (C=O) groups excluding carboxylic acids is 2. The van der Waals surface area contributed by atoms with Crippen molar-refractivity contribution in [2.75, 3.05) is 6.61 Å². The maximum atomic E-state index is 12.4. The molecule has 130 valence electrons. The fraction of sp³-hybridized carbons (Fsp3) is 0.467. The van der Waals surface area contributed by atoms with Crippen molar-refractivity contribution in [1.29, 1.82) is 0 Å². The van der Waals surface area contributed by atoms with Gasteiger partial charge in [-0.15, -0.1) is 0 Å². The number of esters is 2. The normalized spacial score (nSPS) is 33.5. The van der Waals surface area contributed by atoms with Crippen LogP contribution in [0.2, 0.25) is 0 Å². The highest BCUT2D eigenvalue weighted by molar-refractivity contribution is 5.91. The molecule has 2 heterocycles. The Morgan fingerprint density at radius 3 is 2.58 bits per heavy atom. The number of ether oxygens (including phenoxy) is 2. The summed E-state index contributed by atoms with van der Waals surface area (Å²) in [7, 11) is 0. The highest BCUT2D eigenvalue weighted by Crippen LogP contribution is 2.49. The molecule has 9 heteroatoms.